The number of amides is 1. The van der Waals surface area contributed by atoms with Crippen molar-refractivity contribution in [3.05, 3.63) is 62.0 Å². The molecule has 5 nitrogen and oxygen atoms in total. The van der Waals surface area contributed by atoms with Gasteiger partial charge in [0.2, 0.25) is 5.91 Å². The van der Waals surface area contributed by atoms with Crippen LogP contribution < -0.4 is 5.32 Å². The van der Waals surface area contributed by atoms with Gasteiger partial charge in [0.15, 0.2) is 5.16 Å². The summed E-state index contributed by atoms with van der Waals surface area (Å²) in [6.07, 6.45) is 3.04. The van der Waals surface area contributed by atoms with Crippen LogP contribution in [0, 0.1) is 0 Å². The van der Waals surface area contributed by atoms with E-state index in [2.05, 4.69) is 31.5 Å². The van der Waals surface area contributed by atoms with Crippen molar-refractivity contribution in [2.75, 3.05) is 0 Å². The topological polar surface area (TPSA) is 59.8 Å². The number of halogens is 2. The lowest BCUT2D eigenvalue weighted by Crippen LogP contribution is -2.33. The molecular weight excluding hydrogens is 459 g/mol. The van der Waals surface area contributed by atoms with Crippen LogP contribution in [-0.4, -0.2) is 25.9 Å². The van der Waals surface area contributed by atoms with E-state index < -0.39 is 0 Å². The lowest BCUT2D eigenvalue weighted by Gasteiger charge is -2.19. The number of benzene rings is 1. The average Bonchev–Trinajstić information content (AvgIpc) is 3.25. The van der Waals surface area contributed by atoms with E-state index in [0.29, 0.717) is 16.1 Å². The lowest BCUT2D eigenvalue weighted by molar-refractivity contribution is -0.120. The molecule has 30 heavy (non-hydrogen) atoms. The molecule has 1 amide bonds. The van der Waals surface area contributed by atoms with Crippen molar-refractivity contribution in [1.82, 2.24) is 20.1 Å². The fourth-order valence-corrected chi connectivity index (χ4v) is 5.47. The Hall–Kier alpha value is -1.54. The molecule has 0 bridgehead atoms. The third kappa shape index (κ3) is 5.02. The number of carbonyl (C=O) groups excluding carboxylic acids is 1. The molecule has 1 aromatic carbocycles. The molecule has 1 N–H and O–H groups in total. The van der Waals surface area contributed by atoms with E-state index in [9.17, 15) is 4.79 Å². The van der Waals surface area contributed by atoms with Crippen molar-refractivity contribution < 1.29 is 4.79 Å². The molecular formula is C21H22Cl2N4OS2. The fraction of sp³-hybridized carbons (Fsp3) is 0.381. The summed E-state index contributed by atoms with van der Waals surface area (Å²) in [5.41, 5.74) is 0.839. The van der Waals surface area contributed by atoms with E-state index in [-0.39, 0.29) is 17.2 Å². The number of carbonyl (C=O) groups is 1. The number of thiophene rings is 1. The van der Waals surface area contributed by atoms with Gasteiger partial charge >= 0.3 is 0 Å². The van der Waals surface area contributed by atoms with Crippen LogP contribution in [0.5, 0.6) is 0 Å². The second-order valence-corrected chi connectivity index (χ2v) is 10.6. The predicted octanol–water partition coefficient (Wildman–Crippen LogP) is 5.93. The average molecular weight is 481 g/mol. The highest BCUT2D eigenvalue weighted by Gasteiger charge is 2.31. The van der Waals surface area contributed by atoms with Gasteiger partial charge in [-0.2, -0.15) is 0 Å². The number of nitrogens with one attached hydrogen (secondary N) is 1. The molecule has 0 aliphatic heterocycles. The van der Waals surface area contributed by atoms with E-state index in [1.807, 2.05) is 26.0 Å². The Morgan fingerprint density at radius 2 is 2.10 bits per heavy atom. The first-order valence-electron chi connectivity index (χ1n) is 9.80. The summed E-state index contributed by atoms with van der Waals surface area (Å²) in [6.45, 7) is 3.80. The summed E-state index contributed by atoms with van der Waals surface area (Å²) in [5.74, 6) is 0.903. The standard InChI is InChI=1S/C21H22Cl2N4OS2/c1-12(17-8-5-14(22)10-18(17)23)24-20(28)13(2)30-21-26-25-19(27(21)15-6-7-15)11-16-4-3-9-29-16/h3-5,8-10,12-13,15H,6-7,11H2,1-2H3,(H,24,28). The van der Waals surface area contributed by atoms with Crippen molar-refractivity contribution in [2.24, 2.45) is 0 Å². The maximum absolute atomic E-state index is 12.8. The van der Waals surface area contributed by atoms with Crippen LogP contribution in [-0.2, 0) is 11.2 Å². The molecule has 1 fully saturated rings. The van der Waals surface area contributed by atoms with E-state index in [1.165, 1.54) is 16.6 Å². The summed E-state index contributed by atoms with van der Waals surface area (Å²) < 4.78 is 2.22. The van der Waals surface area contributed by atoms with Crippen LogP contribution in [0.4, 0.5) is 0 Å². The smallest absolute Gasteiger partial charge is 0.233 e. The lowest BCUT2D eigenvalue weighted by atomic mass is 10.1. The summed E-state index contributed by atoms with van der Waals surface area (Å²) in [5, 5.41) is 15.6. The number of rotatable bonds is 8. The van der Waals surface area contributed by atoms with Crippen LogP contribution in [0.1, 0.15) is 55.0 Å². The van der Waals surface area contributed by atoms with Crippen LogP contribution in [0.3, 0.4) is 0 Å². The van der Waals surface area contributed by atoms with Crippen LogP contribution in [0.15, 0.2) is 40.9 Å². The van der Waals surface area contributed by atoms with E-state index >= 15 is 0 Å². The second-order valence-electron chi connectivity index (χ2n) is 7.41. The van der Waals surface area contributed by atoms with Crippen molar-refractivity contribution in [3.63, 3.8) is 0 Å². The molecule has 2 aromatic heterocycles. The highest BCUT2D eigenvalue weighted by Crippen LogP contribution is 2.40. The largest absolute Gasteiger partial charge is 0.349 e. The maximum atomic E-state index is 12.8. The molecule has 2 unspecified atom stereocenters. The fourth-order valence-electron chi connectivity index (χ4n) is 3.25. The molecule has 3 aromatic rings. The van der Waals surface area contributed by atoms with Gasteiger partial charge in [0.25, 0.3) is 0 Å². The Kier molecular flexibility index (Phi) is 6.72. The molecule has 158 valence electrons. The third-order valence-corrected chi connectivity index (χ3v) is 7.49. The Morgan fingerprint density at radius 1 is 1.30 bits per heavy atom. The minimum Gasteiger partial charge on any atom is -0.349 e. The summed E-state index contributed by atoms with van der Waals surface area (Å²) in [4.78, 5) is 14.1. The van der Waals surface area contributed by atoms with Gasteiger partial charge in [0.1, 0.15) is 5.82 Å². The van der Waals surface area contributed by atoms with Crippen LogP contribution in [0.25, 0.3) is 0 Å². The number of hydrogen-bond acceptors (Lipinski definition) is 5. The zero-order valence-electron chi connectivity index (χ0n) is 16.6. The Morgan fingerprint density at radius 3 is 2.77 bits per heavy atom. The SMILES string of the molecule is CC(Sc1nnc(Cc2cccs2)n1C1CC1)C(=O)NC(C)c1ccc(Cl)cc1Cl. The molecule has 2 heterocycles. The number of nitrogens with zero attached hydrogens (tertiary/aromatic N) is 3. The highest BCUT2D eigenvalue weighted by molar-refractivity contribution is 8.00. The monoisotopic (exact) mass is 480 g/mol. The molecule has 1 aliphatic carbocycles. The molecule has 0 saturated heterocycles. The van der Waals surface area contributed by atoms with Gasteiger partial charge in [0, 0.05) is 27.4 Å². The van der Waals surface area contributed by atoms with Gasteiger partial charge < -0.3 is 9.88 Å². The first-order chi connectivity index (χ1) is 14.4. The number of aromatic nitrogens is 3. The molecule has 4 rings (SSSR count). The number of thioether (sulfide) groups is 1. The van der Waals surface area contributed by atoms with Crippen LogP contribution >= 0.6 is 46.3 Å². The molecule has 2 atom stereocenters. The van der Waals surface area contributed by atoms with Gasteiger partial charge in [-0.3, -0.25) is 4.79 Å². The first-order valence-corrected chi connectivity index (χ1v) is 12.3. The molecule has 9 heteroatoms. The van der Waals surface area contributed by atoms with Crippen LogP contribution in [0.2, 0.25) is 10.0 Å². The Bertz CT molecular complexity index is 1030. The predicted molar refractivity (Wildman–Crippen MR) is 124 cm³/mol. The van der Waals surface area contributed by atoms with Gasteiger partial charge in [-0.05, 0) is 55.8 Å². The minimum absolute atomic E-state index is 0.0660. The maximum Gasteiger partial charge on any atom is 0.233 e. The summed E-state index contributed by atoms with van der Waals surface area (Å²) in [7, 11) is 0. The zero-order chi connectivity index (χ0) is 21.3. The van der Waals surface area contributed by atoms with Gasteiger partial charge in [0.05, 0.1) is 11.3 Å². The second kappa shape index (κ2) is 9.30. The third-order valence-electron chi connectivity index (χ3n) is 5.00. The van der Waals surface area contributed by atoms with Gasteiger partial charge in [-0.1, -0.05) is 47.1 Å². The highest BCUT2D eigenvalue weighted by atomic mass is 35.5. The van der Waals surface area contributed by atoms with E-state index in [4.69, 9.17) is 23.2 Å². The van der Waals surface area contributed by atoms with Crippen molar-refractivity contribution in [2.45, 2.75) is 55.6 Å². The normalized spacial score (nSPS) is 15.7. The van der Waals surface area contributed by atoms with Crippen molar-refractivity contribution in [3.8, 4) is 0 Å². The van der Waals surface area contributed by atoms with Gasteiger partial charge in [-0.15, -0.1) is 21.5 Å². The summed E-state index contributed by atoms with van der Waals surface area (Å²) >= 11 is 15.4. The first kappa shape index (κ1) is 21.7. The number of hydrogen-bond donors (Lipinski definition) is 1. The molecule has 0 spiro atoms. The Labute approximate surface area is 194 Å². The van der Waals surface area contributed by atoms with E-state index in [0.717, 1.165) is 35.8 Å². The van der Waals surface area contributed by atoms with Gasteiger partial charge in [-0.25, -0.2) is 0 Å². The Balaban J connectivity index is 1.43. The minimum atomic E-state index is -0.310. The van der Waals surface area contributed by atoms with Crippen molar-refractivity contribution in [1.29, 1.82) is 0 Å². The zero-order valence-corrected chi connectivity index (χ0v) is 19.8. The summed E-state index contributed by atoms with van der Waals surface area (Å²) in [6, 6.07) is 9.69. The van der Waals surface area contributed by atoms with Crippen molar-refractivity contribution >= 4 is 52.2 Å². The van der Waals surface area contributed by atoms with E-state index in [1.54, 1.807) is 23.5 Å². The molecule has 1 aliphatic rings. The molecule has 0 radical (unpaired) electrons. The molecule has 1 saturated carbocycles. The quantitative estimate of drug-likeness (QED) is 0.405.